The molecule has 0 aromatic carbocycles. The number of hydrogen-bond donors (Lipinski definition) is 2. The standard InChI is InChI=1S/C27H31FN4O2/c1-7-14(4)24-22(26(34)13(2)3)18-9-8-17-11-30-27(23(28)21(17)25(18)32-24)31-20-10-15(5)29-12-19(20)16(6)33/h10-14,32H,7-9H2,1-6H3,(H,29,30,31). The molecule has 178 valence electrons. The number of nitrogens with zero attached hydrogens (tertiary/aromatic N) is 2. The summed E-state index contributed by atoms with van der Waals surface area (Å²) in [4.78, 5) is 37.2. The summed E-state index contributed by atoms with van der Waals surface area (Å²) in [6.07, 6.45) is 5.30. The molecule has 0 amide bonds. The molecule has 0 aliphatic heterocycles. The number of aromatic amines is 1. The van der Waals surface area contributed by atoms with Crippen LogP contribution < -0.4 is 5.32 Å². The number of aromatic nitrogens is 3. The van der Waals surface area contributed by atoms with E-state index < -0.39 is 5.82 Å². The number of fused-ring (bicyclic) bond motifs is 3. The summed E-state index contributed by atoms with van der Waals surface area (Å²) >= 11 is 0. The Labute approximate surface area is 199 Å². The summed E-state index contributed by atoms with van der Waals surface area (Å²) in [6.45, 7) is 11.2. The van der Waals surface area contributed by atoms with Gasteiger partial charge < -0.3 is 10.3 Å². The van der Waals surface area contributed by atoms with Crippen LogP contribution in [0.5, 0.6) is 0 Å². The summed E-state index contributed by atoms with van der Waals surface area (Å²) in [6, 6.07) is 1.71. The predicted molar refractivity (Wildman–Crippen MR) is 132 cm³/mol. The number of H-pyrrole nitrogens is 1. The number of Topliss-reactive ketones (excluding diaryl/α,β-unsaturated/α-hetero) is 2. The Bertz CT molecular complexity index is 1290. The molecule has 0 saturated heterocycles. The molecule has 1 aliphatic rings. The van der Waals surface area contributed by atoms with E-state index >= 15 is 4.39 Å². The van der Waals surface area contributed by atoms with Crippen molar-refractivity contribution in [3.63, 3.8) is 0 Å². The van der Waals surface area contributed by atoms with Crippen molar-refractivity contribution in [2.75, 3.05) is 5.32 Å². The van der Waals surface area contributed by atoms with Gasteiger partial charge in [-0.05, 0) is 56.2 Å². The average Bonchev–Trinajstić information content (AvgIpc) is 3.19. The molecule has 3 aromatic heterocycles. The zero-order valence-corrected chi connectivity index (χ0v) is 20.6. The summed E-state index contributed by atoms with van der Waals surface area (Å²) < 4.78 is 16.0. The van der Waals surface area contributed by atoms with E-state index in [0.29, 0.717) is 41.0 Å². The Kier molecular flexibility index (Phi) is 6.39. The first kappa shape index (κ1) is 23.8. The number of hydrogen-bond acceptors (Lipinski definition) is 5. The van der Waals surface area contributed by atoms with E-state index in [9.17, 15) is 9.59 Å². The van der Waals surface area contributed by atoms with Crippen molar-refractivity contribution in [2.45, 2.75) is 66.7 Å². The monoisotopic (exact) mass is 462 g/mol. The van der Waals surface area contributed by atoms with E-state index in [1.54, 1.807) is 19.2 Å². The molecular formula is C27H31FN4O2. The fraction of sp³-hybridized carbons (Fsp3) is 0.407. The Morgan fingerprint density at radius 3 is 2.56 bits per heavy atom. The zero-order chi connectivity index (χ0) is 24.7. The number of anilines is 2. The van der Waals surface area contributed by atoms with Gasteiger partial charge in [0.15, 0.2) is 23.2 Å². The van der Waals surface area contributed by atoms with Crippen molar-refractivity contribution in [3.8, 4) is 11.3 Å². The average molecular weight is 463 g/mol. The van der Waals surface area contributed by atoms with E-state index in [0.717, 1.165) is 28.8 Å². The molecule has 3 heterocycles. The summed E-state index contributed by atoms with van der Waals surface area (Å²) in [5.74, 6) is -0.549. The van der Waals surface area contributed by atoms with Gasteiger partial charge in [-0.25, -0.2) is 9.37 Å². The largest absolute Gasteiger partial charge is 0.357 e. The Morgan fingerprint density at radius 2 is 1.91 bits per heavy atom. The summed E-state index contributed by atoms with van der Waals surface area (Å²) in [5, 5.41) is 3.01. The van der Waals surface area contributed by atoms with Crippen LogP contribution in [0, 0.1) is 18.7 Å². The Morgan fingerprint density at radius 1 is 1.18 bits per heavy atom. The second-order valence-electron chi connectivity index (χ2n) is 9.47. The van der Waals surface area contributed by atoms with Crippen LogP contribution in [0.3, 0.4) is 0 Å². The molecule has 7 heteroatoms. The quantitative estimate of drug-likeness (QED) is 0.401. The van der Waals surface area contributed by atoms with E-state index in [4.69, 9.17) is 0 Å². The van der Waals surface area contributed by atoms with Crippen LogP contribution in [0.25, 0.3) is 11.3 Å². The third kappa shape index (κ3) is 4.04. The van der Waals surface area contributed by atoms with E-state index in [1.165, 1.54) is 13.1 Å². The maximum Gasteiger partial charge on any atom is 0.175 e. The van der Waals surface area contributed by atoms with Crippen molar-refractivity contribution >= 4 is 23.1 Å². The van der Waals surface area contributed by atoms with Gasteiger partial charge in [-0.2, -0.15) is 0 Å². The van der Waals surface area contributed by atoms with E-state index in [2.05, 4.69) is 34.1 Å². The van der Waals surface area contributed by atoms with Crippen molar-refractivity contribution < 1.29 is 14.0 Å². The van der Waals surface area contributed by atoms with Crippen LogP contribution in [-0.4, -0.2) is 26.5 Å². The van der Waals surface area contributed by atoms with Crippen LogP contribution in [0.4, 0.5) is 15.9 Å². The van der Waals surface area contributed by atoms with Crippen LogP contribution in [0.2, 0.25) is 0 Å². The molecule has 1 unspecified atom stereocenters. The lowest BCUT2D eigenvalue weighted by molar-refractivity contribution is 0.0936. The van der Waals surface area contributed by atoms with Gasteiger partial charge >= 0.3 is 0 Å². The van der Waals surface area contributed by atoms with Crippen LogP contribution in [-0.2, 0) is 12.8 Å². The molecule has 3 aromatic rings. The minimum atomic E-state index is -0.497. The fourth-order valence-electron chi connectivity index (χ4n) is 4.57. The lowest BCUT2D eigenvalue weighted by atomic mass is 9.85. The Balaban J connectivity index is 1.87. The summed E-state index contributed by atoms with van der Waals surface area (Å²) in [5.41, 5.74) is 5.94. The first-order chi connectivity index (χ1) is 16.1. The number of carbonyl (C=O) groups excluding carboxylic acids is 2. The molecule has 0 radical (unpaired) electrons. The highest BCUT2D eigenvalue weighted by Gasteiger charge is 2.32. The van der Waals surface area contributed by atoms with Crippen molar-refractivity contribution in [2.24, 2.45) is 5.92 Å². The number of aryl methyl sites for hydroxylation is 2. The van der Waals surface area contributed by atoms with E-state index in [-0.39, 0.29) is 29.2 Å². The van der Waals surface area contributed by atoms with Gasteiger partial charge in [-0.3, -0.25) is 14.6 Å². The Hall–Kier alpha value is -3.35. The van der Waals surface area contributed by atoms with Gasteiger partial charge in [-0.15, -0.1) is 0 Å². The second kappa shape index (κ2) is 9.12. The minimum Gasteiger partial charge on any atom is -0.357 e. The number of pyridine rings is 2. The molecule has 4 rings (SSSR count). The molecule has 0 bridgehead atoms. The highest BCUT2D eigenvalue weighted by molar-refractivity contribution is 6.02. The first-order valence-corrected chi connectivity index (χ1v) is 11.8. The fourth-order valence-corrected chi connectivity index (χ4v) is 4.57. The molecule has 2 N–H and O–H groups in total. The molecule has 6 nitrogen and oxygen atoms in total. The van der Waals surface area contributed by atoms with Gasteiger partial charge in [0.2, 0.25) is 0 Å². The smallest absolute Gasteiger partial charge is 0.175 e. The van der Waals surface area contributed by atoms with Gasteiger partial charge in [0.1, 0.15) is 0 Å². The van der Waals surface area contributed by atoms with Crippen molar-refractivity contribution in [1.82, 2.24) is 15.0 Å². The molecule has 1 atom stereocenters. The van der Waals surface area contributed by atoms with Crippen LogP contribution in [0.1, 0.15) is 90.2 Å². The maximum atomic E-state index is 16.0. The third-order valence-electron chi connectivity index (χ3n) is 6.67. The number of carbonyl (C=O) groups is 2. The van der Waals surface area contributed by atoms with Crippen LogP contribution >= 0.6 is 0 Å². The molecule has 34 heavy (non-hydrogen) atoms. The predicted octanol–water partition coefficient (Wildman–Crippen LogP) is 6.32. The van der Waals surface area contributed by atoms with Crippen molar-refractivity contribution in [3.05, 3.63) is 57.9 Å². The number of rotatable bonds is 7. The molecule has 0 fully saturated rings. The summed E-state index contributed by atoms with van der Waals surface area (Å²) in [7, 11) is 0. The maximum absolute atomic E-state index is 16.0. The molecular weight excluding hydrogens is 431 g/mol. The highest BCUT2D eigenvalue weighted by Crippen LogP contribution is 2.42. The normalized spacial score (nSPS) is 13.4. The first-order valence-electron chi connectivity index (χ1n) is 11.8. The minimum absolute atomic E-state index is 0.0381. The van der Waals surface area contributed by atoms with Crippen molar-refractivity contribution in [1.29, 1.82) is 0 Å². The van der Waals surface area contributed by atoms with Gasteiger partial charge in [-0.1, -0.05) is 27.7 Å². The van der Waals surface area contributed by atoms with Gasteiger partial charge in [0.25, 0.3) is 0 Å². The SMILES string of the molecule is CCC(C)c1[nH]c2c(c1C(=O)C(C)C)CCc1cnc(Nc3cc(C)ncc3C(C)=O)c(F)c1-2. The number of halogens is 1. The lowest BCUT2D eigenvalue weighted by Crippen LogP contribution is -2.15. The van der Waals surface area contributed by atoms with Gasteiger partial charge in [0.05, 0.1) is 16.9 Å². The zero-order valence-electron chi connectivity index (χ0n) is 20.6. The highest BCUT2D eigenvalue weighted by atomic mass is 19.1. The molecule has 0 spiro atoms. The number of nitrogens with one attached hydrogen (secondary N) is 2. The number of ketones is 2. The lowest BCUT2D eigenvalue weighted by Gasteiger charge is -2.20. The van der Waals surface area contributed by atoms with E-state index in [1.807, 2.05) is 13.8 Å². The van der Waals surface area contributed by atoms with Gasteiger partial charge in [0, 0.05) is 40.8 Å². The molecule has 1 aliphatic carbocycles. The topological polar surface area (TPSA) is 87.7 Å². The molecule has 0 saturated carbocycles. The van der Waals surface area contributed by atoms with Crippen LogP contribution in [0.15, 0.2) is 18.5 Å². The third-order valence-corrected chi connectivity index (χ3v) is 6.67. The second-order valence-corrected chi connectivity index (χ2v) is 9.47.